The zero-order chi connectivity index (χ0) is 19.4. The van der Waals surface area contributed by atoms with E-state index in [2.05, 4.69) is 10.6 Å². The molecule has 1 saturated heterocycles. The van der Waals surface area contributed by atoms with Crippen LogP contribution in [-0.4, -0.2) is 44.2 Å². The van der Waals surface area contributed by atoms with Gasteiger partial charge in [0, 0.05) is 24.3 Å². The van der Waals surface area contributed by atoms with E-state index in [1.54, 1.807) is 6.07 Å². The van der Waals surface area contributed by atoms with Crippen molar-refractivity contribution in [1.82, 2.24) is 9.62 Å². The molecule has 2 aromatic carbocycles. The first-order valence-electron chi connectivity index (χ1n) is 8.67. The number of piperazine rings is 1. The van der Waals surface area contributed by atoms with Gasteiger partial charge in [-0.3, -0.25) is 9.59 Å². The summed E-state index contributed by atoms with van der Waals surface area (Å²) in [5, 5.41) is 5.35. The van der Waals surface area contributed by atoms with Crippen LogP contribution in [0.15, 0.2) is 53.4 Å². The number of aryl methyl sites for hydroxylation is 1. The topological polar surface area (TPSA) is 95.6 Å². The number of hydrogen-bond acceptors (Lipinski definition) is 4. The number of rotatable bonds is 5. The highest BCUT2D eigenvalue weighted by atomic mass is 32.2. The third-order valence-electron chi connectivity index (χ3n) is 4.36. The second kappa shape index (κ2) is 7.89. The molecule has 2 amide bonds. The van der Waals surface area contributed by atoms with Gasteiger partial charge < -0.3 is 10.6 Å². The van der Waals surface area contributed by atoms with Gasteiger partial charge in [0.15, 0.2) is 0 Å². The van der Waals surface area contributed by atoms with Crippen LogP contribution in [0.1, 0.15) is 22.8 Å². The number of carbonyl (C=O) groups is 2. The quantitative estimate of drug-likeness (QED) is 0.815. The van der Waals surface area contributed by atoms with Crippen LogP contribution in [0.3, 0.4) is 0 Å². The first kappa shape index (κ1) is 19.1. The van der Waals surface area contributed by atoms with Crippen molar-refractivity contribution in [2.45, 2.75) is 18.2 Å². The maximum Gasteiger partial charge on any atom is 0.255 e. The predicted molar refractivity (Wildman–Crippen MR) is 102 cm³/mol. The van der Waals surface area contributed by atoms with E-state index in [0.717, 1.165) is 16.3 Å². The summed E-state index contributed by atoms with van der Waals surface area (Å²) >= 11 is 0. The highest BCUT2D eigenvalue weighted by molar-refractivity contribution is 7.89. The minimum atomic E-state index is -3.84. The second-order valence-corrected chi connectivity index (χ2v) is 8.16. The Hall–Kier alpha value is -2.71. The van der Waals surface area contributed by atoms with Gasteiger partial charge in [-0.05, 0) is 42.3 Å². The summed E-state index contributed by atoms with van der Waals surface area (Å²) in [6, 6.07) is 13.3. The van der Waals surface area contributed by atoms with E-state index in [1.807, 2.05) is 31.2 Å². The van der Waals surface area contributed by atoms with Crippen LogP contribution in [0.5, 0.6) is 0 Å². The Labute approximate surface area is 158 Å². The van der Waals surface area contributed by atoms with Crippen molar-refractivity contribution in [2.75, 3.05) is 25.0 Å². The summed E-state index contributed by atoms with van der Waals surface area (Å²) < 4.78 is 26.6. The van der Waals surface area contributed by atoms with Crippen molar-refractivity contribution < 1.29 is 18.0 Å². The van der Waals surface area contributed by atoms with Crippen LogP contribution in [0.2, 0.25) is 0 Å². The number of carbonyl (C=O) groups excluding carboxylic acids is 2. The molecule has 0 spiro atoms. The molecular formula is C19H21N3O4S. The lowest BCUT2D eigenvalue weighted by Crippen LogP contribution is -2.49. The van der Waals surface area contributed by atoms with Crippen molar-refractivity contribution >= 4 is 27.5 Å². The summed E-state index contributed by atoms with van der Waals surface area (Å²) in [4.78, 5) is 24.0. The van der Waals surface area contributed by atoms with Crippen LogP contribution in [0.25, 0.3) is 0 Å². The molecule has 3 rings (SSSR count). The van der Waals surface area contributed by atoms with Crippen molar-refractivity contribution in [3.63, 3.8) is 0 Å². The normalized spacial score (nSPS) is 15.2. The van der Waals surface area contributed by atoms with Crippen LogP contribution in [0.4, 0.5) is 5.69 Å². The minimum absolute atomic E-state index is 0.00817. The molecule has 0 bridgehead atoms. The van der Waals surface area contributed by atoms with E-state index in [1.165, 1.54) is 18.2 Å². The minimum Gasteiger partial charge on any atom is -0.354 e. The van der Waals surface area contributed by atoms with E-state index < -0.39 is 15.9 Å². The van der Waals surface area contributed by atoms with Crippen LogP contribution in [-0.2, 0) is 21.2 Å². The van der Waals surface area contributed by atoms with Gasteiger partial charge in [0.05, 0.1) is 11.4 Å². The number of anilines is 1. The number of amides is 2. The summed E-state index contributed by atoms with van der Waals surface area (Å²) in [5.74, 6) is -0.734. The molecule has 0 atom stereocenters. The fraction of sp³-hybridized carbons (Fsp3) is 0.263. The van der Waals surface area contributed by atoms with E-state index >= 15 is 0 Å². The van der Waals surface area contributed by atoms with Gasteiger partial charge in [-0.1, -0.05) is 25.1 Å². The molecule has 0 aliphatic carbocycles. The smallest absolute Gasteiger partial charge is 0.255 e. The van der Waals surface area contributed by atoms with E-state index in [9.17, 15) is 18.0 Å². The molecule has 8 heteroatoms. The van der Waals surface area contributed by atoms with E-state index in [-0.39, 0.29) is 36.0 Å². The summed E-state index contributed by atoms with van der Waals surface area (Å²) in [6.07, 6.45) is 0.905. The van der Waals surface area contributed by atoms with Crippen molar-refractivity contribution in [3.8, 4) is 0 Å². The predicted octanol–water partition coefficient (Wildman–Crippen LogP) is 1.62. The zero-order valence-corrected chi connectivity index (χ0v) is 15.8. The lowest BCUT2D eigenvalue weighted by molar-refractivity contribution is -0.122. The van der Waals surface area contributed by atoms with Gasteiger partial charge in [0.2, 0.25) is 15.9 Å². The average Bonchev–Trinajstić information content (AvgIpc) is 2.68. The molecule has 0 aromatic heterocycles. The first-order chi connectivity index (χ1) is 12.9. The summed E-state index contributed by atoms with van der Waals surface area (Å²) in [7, 11) is -3.84. The highest BCUT2D eigenvalue weighted by Crippen LogP contribution is 2.19. The number of sulfonamides is 1. The highest BCUT2D eigenvalue weighted by Gasteiger charge is 2.29. The maximum absolute atomic E-state index is 12.8. The number of hydrogen-bond donors (Lipinski definition) is 2. The fourth-order valence-corrected chi connectivity index (χ4v) is 4.24. The number of nitrogens with zero attached hydrogens (tertiary/aromatic N) is 1. The molecule has 1 aliphatic rings. The van der Waals surface area contributed by atoms with Crippen molar-refractivity contribution in [1.29, 1.82) is 0 Å². The van der Waals surface area contributed by atoms with Gasteiger partial charge in [0.1, 0.15) is 0 Å². The molecule has 142 valence electrons. The molecule has 2 N–H and O–H groups in total. The van der Waals surface area contributed by atoms with Crippen molar-refractivity contribution in [3.05, 3.63) is 59.7 Å². The third kappa shape index (κ3) is 4.35. The van der Waals surface area contributed by atoms with Crippen LogP contribution in [0, 0.1) is 0 Å². The SMILES string of the molecule is CCc1ccc(NC(=O)c2cccc(S(=O)(=O)N3CCNC(=O)C3)c2)cc1. The molecule has 0 saturated carbocycles. The Kier molecular flexibility index (Phi) is 5.57. The Morgan fingerprint density at radius 1 is 1.19 bits per heavy atom. The maximum atomic E-state index is 12.8. The molecule has 7 nitrogen and oxygen atoms in total. The largest absolute Gasteiger partial charge is 0.354 e. The lowest BCUT2D eigenvalue weighted by atomic mass is 10.1. The Morgan fingerprint density at radius 3 is 2.59 bits per heavy atom. The van der Waals surface area contributed by atoms with Crippen LogP contribution < -0.4 is 10.6 Å². The van der Waals surface area contributed by atoms with E-state index in [0.29, 0.717) is 5.69 Å². The molecule has 1 heterocycles. The van der Waals surface area contributed by atoms with Gasteiger partial charge in [-0.25, -0.2) is 8.42 Å². The summed E-state index contributed by atoms with van der Waals surface area (Å²) in [6.45, 7) is 2.30. The van der Waals surface area contributed by atoms with Gasteiger partial charge in [-0.2, -0.15) is 4.31 Å². The fourth-order valence-electron chi connectivity index (χ4n) is 2.79. The average molecular weight is 387 g/mol. The Morgan fingerprint density at radius 2 is 1.93 bits per heavy atom. The Balaban J connectivity index is 1.79. The molecule has 2 aromatic rings. The molecule has 0 unspecified atom stereocenters. The molecule has 0 radical (unpaired) electrons. The van der Waals surface area contributed by atoms with Crippen LogP contribution >= 0.6 is 0 Å². The number of nitrogens with one attached hydrogen (secondary N) is 2. The van der Waals surface area contributed by atoms with Gasteiger partial charge >= 0.3 is 0 Å². The Bertz CT molecular complexity index is 955. The second-order valence-electron chi connectivity index (χ2n) is 6.22. The summed E-state index contributed by atoms with van der Waals surface area (Å²) in [5.41, 5.74) is 2.03. The van der Waals surface area contributed by atoms with Gasteiger partial charge in [-0.15, -0.1) is 0 Å². The third-order valence-corrected chi connectivity index (χ3v) is 6.20. The monoisotopic (exact) mass is 387 g/mol. The standard InChI is InChI=1S/C19H21N3O4S/c1-2-14-6-8-16(9-7-14)21-19(24)15-4-3-5-17(12-15)27(25,26)22-11-10-20-18(23)13-22/h3-9,12H,2,10-11,13H2,1H3,(H,20,23)(H,21,24). The van der Waals surface area contributed by atoms with E-state index in [4.69, 9.17) is 0 Å². The lowest BCUT2D eigenvalue weighted by Gasteiger charge is -2.26. The van der Waals surface area contributed by atoms with Crippen molar-refractivity contribution in [2.24, 2.45) is 0 Å². The molecule has 27 heavy (non-hydrogen) atoms. The number of benzene rings is 2. The molecular weight excluding hydrogens is 366 g/mol. The molecule has 1 aliphatic heterocycles. The molecule has 1 fully saturated rings. The first-order valence-corrected chi connectivity index (χ1v) is 10.1. The zero-order valence-electron chi connectivity index (χ0n) is 14.9. The van der Waals surface area contributed by atoms with Gasteiger partial charge in [0.25, 0.3) is 5.91 Å².